The summed E-state index contributed by atoms with van der Waals surface area (Å²) < 4.78 is 19.4. The summed E-state index contributed by atoms with van der Waals surface area (Å²) in [6.45, 7) is 5.11. The second kappa shape index (κ2) is 8.31. The Bertz CT molecular complexity index is 564. The Labute approximate surface area is 135 Å². The minimum atomic E-state index is -1.14. The minimum absolute atomic E-state index is 0.196. The first-order valence-electron chi connectivity index (χ1n) is 7.28. The second-order valence-corrected chi connectivity index (χ2v) is 6.08. The van der Waals surface area contributed by atoms with Gasteiger partial charge in [0.05, 0.1) is 12.5 Å². The lowest BCUT2D eigenvalue weighted by Crippen LogP contribution is -2.40. The first kappa shape index (κ1) is 18.7. The first-order chi connectivity index (χ1) is 10.7. The van der Waals surface area contributed by atoms with Crippen LogP contribution in [0.1, 0.15) is 32.8 Å². The highest BCUT2D eigenvalue weighted by Crippen LogP contribution is 2.14. The van der Waals surface area contributed by atoms with E-state index in [0.29, 0.717) is 0 Å². The SMILES string of the molecule is CC(C)(C)OC(=O)NC(Cc1ccccc1)/C(F)=C\CC(=O)O. The molecular weight excluding hydrogens is 301 g/mol. The molecule has 1 unspecified atom stereocenters. The van der Waals surface area contributed by atoms with Gasteiger partial charge in [0.2, 0.25) is 0 Å². The summed E-state index contributed by atoms with van der Waals surface area (Å²) in [7, 11) is 0. The molecule has 2 N–H and O–H groups in total. The predicted molar refractivity (Wildman–Crippen MR) is 84.7 cm³/mol. The molecule has 0 aromatic heterocycles. The van der Waals surface area contributed by atoms with Crippen LogP contribution in [0.4, 0.5) is 9.18 Å². The lowest BCUT2D eigenvalue weighted by atomic mass is 10.0. The molecule has 1 amide bonds. The van der Waals surface area contributed by atoms with Gasteiger partial charge >= 0.3 is 12.1 Å². The van der Waals surface area contributed by atoms with Crippen LogP contribution < -0.4 is 5.32 Å². The highest BCUT2D eigenvalue weighted by Gasteiger charge is 2.22. The number of carboxylic acid groups (broad SMARTS) is 1. The van der Waals surface area contributed by atoms with Crippen LogP contribution in [-0.4, -0.2) is 28.8 Å². The molecule has 0 aliphatic carbocycles. The van der Waals surface area contributed by atoms with Crippen LogP contribution in [0.5, 0.6) is 0 Å². The maximum Gasteiger partial charge on any atom is 0.408 e. The Balaban J connectivity index is 2.85. The molecule has 5 nitrogen and oxygen atoms in total. The van der Waals surface area contributed by atoms with Crippen molar-refractivity contribution >= 4 is 12.1 Å². The summed E-state index contributed by atoms with van der Waals surface area (Å²) in [5, 5.41) is 11.1. The maximum absolute atomic E-state index is 14.2. The first-order valence-corrected chi connectivity index (χ1v) is 7.28. The average molecular weight is 323 g/mol. The Morgan fingerprint density at radius 1 is 1.30 bits per heavy atom. The van der Waals surface area contributed by atoms with Crippen LogP contribution >= 0.6 is 0 Å². The fourth-order valence-electron chi connectivity index (χ4n) is 1.84. The van der Waals surface area contributed by atoms with Gasteiger partial charge in [-0.2, -0.15) is 0 Å². The van der Waals surface area contributed by atoms with E-state index in [1.54, 1.807) is 45.0 Å². The van der Waals surface area contributed by atoms with E-state index in [4.69, 9.17) is 9.84 Å². The molecule has 0 spiro atoms. The number of carbonyl (C=O) groups is 2. The number of amides is 1. The Morgan fingerprint density at radius 2 is 1.91 bits per heavy atom. The third kappa shape index (κ3) is 7.99. The van der Waals surface area contributed by atoms with Crippen molar-refractivity contribution in [2.75, 3.05) is 0 Å². The van der Waals surface area contributed by atoms with E-state index in [2.05, 4.69) is 5.32 Å². The summed E-state index contributed by atoms with van der Waals surface area (Å²) in [5.74, 6) is -1.85. The van der Waals surface area contributed by atoms with Crippen molar-refractivity contribution in [3.8, 4) is 0 Å². The molecule has 1 aromatic carbocycles. The fourth-order valence-corrected chi connectivity index (χ4v) is 1.84. The molecule has 0 saturated carbocycles. The molecule has 0 bridgehead atoms. The smallest absolute Gasteiger partial charge is 0.408 e. The monoisotopic (exact) mass is 323 g/mol. The van der Waals surface area contributed by atoms with Crippen molar-refractivity contribution < 1.29 is 23.8 Å². The number of hydrogen-bond acceptors (Lipinski definition) is 3. The number of hydrogen-bond donors (Lipinski definition) is 2. The average Bonchev–Trinajstić information content (AvgIpc) is 2.43. The second-order valence-electron chi connectivity index (χ2n) is 6.08. The molecule has 0 fully saturated rings. The predicted octanol–water partition coefficient (Wildman–Crippen LogP) is 3.45. The quantitative estimate of drug-likeness (QED) is 0.841. The number of ether oxygens (including phenoxy) is 1. The van der Waals surface area contributed by atoms with Crippen molar-refractivity contribution in [2.24, 2.45) is 0 Å². The van der Waals surface area contributed by atoms with Gasteiger partial charge in [-0.15, -0.1) is 0 Å². The number of carboxylic acids is 1. The highest BCUT2D eigenvalue weighted by atomic mass is 19.1. The van der Waals surface area contributed by atoms with Crippen LogP contribution in [0.3, 0.4) is 0 Å². The van der Waals surface area contributed by atoms with Crippen LogP contribution in [0.2, 0.25) is 0 Å². The van der Waals surface area contributed by atoms with Crippen LogP contribution in [0.25, 0.3) is 0 Å². The summed E-state index contributed by atoms with van der Waals surface area (Å²) >= 11 is 0. The van der Waals surface area contributed by atoms with Crippen molar-refractivity contribution in [1.29, 1.82) is 0 Å². The third-order valence-corrected chi connectivity index (χ3v) is 2.78. The Morgan fingerprint density at radius 3 is 2.43 bits per heavy atom. The molecule has 1 atom stereocenters. The summed E-state index contributed by atoms with van der Waals surface area (Å²) in [6.07, 6.45) is -0.0556. The van der Waals surface area contributed by atoms with E-state index >= 15 is 0 Å². The molecule has 6 heteroatoms. The molecule has 126 valence electrons. The lowest BCUT2D eigenvalue weighted by molar-refractivity contribution is -0.136. The fraction of sp³-hybridized carbons (Fsp3) is 0.412. The van der Waals surface area contributed by atoms with Crippen molar-refractivity contribution in [3.63, 3.8) is 0 Å². The largest absolute Gasteiger partial charge is 0.481 e. The van der Waals surface area contributed by atoms with Gasteiger partial charge in [0.1, 0.15) is 11.4 Å². The number of benzene rings is 1. The number of halogens is 1. The zero-order valence-corrected chi connectivity index (χ0v) is 13.5. The van der Waals surface area contributed by atoms with E-state index in [1.165, 1.54) is 0 Å². The standard InChI is InChI=1S/C17H22FNO4/c1-17(2,3)23-16(22)19-14(13(18)9-10-15(20)21)11-12-7-5-4-6-8-12/h4-9,14H,10-11H2,1-3H3,(H,19,22)(H,20,21)/b13-9+. The maximum atomic E-state index is 14.2. The van der Waals surface area contributed by atoms with Crippen molar-refractivity contribution in [2.45, 2.75) is 45.3 Å². The van der Waals surface area contributed by atoms with Crippen molar-refractivity contribution in [3.05, 3.63) is 47.8 Å². The molecule has 0 radical (unpaired) electrons. The molecule has 1 aromatic rings. The normalized spacial score (nSPS) is 13.3. The summed E-state index contributed by atoms with van der Waals surface area (Å²) in [4.78, 5) is 22.4. The number of alkyl carbamates (subject to hydrolysis) is 1. The van der Waals surface area contributed by atoms with E-state index < -0.39 is 36.0 Å². The summed E-state index contributed by atoms with van der Waals surface area (Å²) in [5.41, 5.74) is 0.107. The van der Waals surface area contributed by atoms with Crippen LogP contribution in [0.15, 0.2) is 42.2 Å². The molecule has 0 aliphatic rings. The van der Waals surface area contributed by atoms with Gasteiger partial charge in [0.15, 0.2) is 0 Å². The summed E-state index contributed by atoms with van der Waals surface area (Å²) in [6, 6.07) is 8.06. The number of aliphatic carboxylic acids is 1. The van der Waals surface area contributed by atoms with Gasteiger partial charge in [-0.25, -0.2) is 9.18 Å². The van der Waals surface area contributed by atoms with Gasteiger partial charge < -0.3 is 15.2 Å². The molecule has 1 rings (SSSR count). The zero-order chi connectivity index (χ0) is 17.5. The number of rotatable bonds is 6. The van der Waals surface area contributed by atoms with E-state index in [-0.39, 0.29) is 6.42 Å². The van der Waals surface area contributed by atoms with Gasteiger partial charge in [-0.05, 0) is 38.8 Å². The van der Waals surface area contributed by atoms with Gasteiger partial charge in [0, 0.05) is 0 Å². The van der Waals surface area contributed by atoms with E-state index in [1.807, 2.05) is 6.07 Å². The Hall–Kier alpha value is -2.37. The van der Waals surface area contributed by atoms with Crippen molar-refractivity contribution in [1.82, 2.24) is 5.32 Å². The Kier molecular flexibility index (Phi) is 6.75. The molecule has 0 saturated heterocycles. The van der Waals surface area contributed by atoms with Crippen LogP contribution in [-0.2, 0) is 16.0 Å². The third-order valence-electron chi connectivity index (χ3n) is 2.78. The van der Waals surface area contributed by atoms with Gasteiger partial charge in [-0.3, -0.25) is 4.79 Å². The number of carbonyl (C=O) groups excluding carboxylic acids is 1. The van der Waals surface area contributed by atoms with Gasteiger partial charge in [0.25, 0.3) is 0 Å². The van der Waals surface area contributed by atoms with Gasteiger partial charge in [-0.1, -0.05) is 30.3 Å². The molecule has 0 heterocycles. The van der Waals surface area contributed by atoms with E-state index in [9.17, 15) is 14.0 Å². The highest BCUT2D eigenvalue weighted by molar-refractivity contribution is 5.70. The van der Waals surface area contributed by atoms with Crippen LogP contribution in [0, 0.1) is 0 Å². The molecule has 23 heavy (non-hydrogen) atoms. The van der Waals surface area contributed by atoms with E-state index in [0.717, 1.165) is 11.6 Å². The molecular formula is C17H22FNO4. The molecule has 0 aliphatic heterocycles. The lowest BCUT2D eigenvalue weighted by Gasteiger charge is -2.23. The number of nitrogens with one attached hydrogen (secondary N) is 1. The minimum Gasteiger partial charge on any atom is -0.481 e. The topological polar surface area (TPSA) is 75.6 Å². The zero-order valence-electron chi connectivity index (χ0n) is 13.5.